The molecule has 0 aliphatic heterocycles. The van der Waals surface area contributed by atoms with Gasteiger partial charge in [0.15, 0.2) is 5.96 Å². The Kier molecular flexibility index (Phi) is 7.56. The first-order valence-electron chi connectivity index (χ1n) is 7.63. The van der Waals surface area contributed by atoms with Crippen molar-refractivity contribution >= 4 is 29.9 Å². The molecule has 2 saturated carbocycles. The lowest BCUT2D eigenvalue weighted by Crippen LogP contribution is -2.51. The second kappa shape index (κ2) is 8.43. The van der Waals surface area contributed by atoms with Crippen molar-refractivity contribution in [3.05, 3.63) is 0 Å². The van der Waals surface area contributed by atoms with Crippen LogP contribution in [0.5, 0.6) is 0 Å². The minimum absolute atomic E-state index is 0. The third-order valence-corrected chi connectivity index (χ3v) is 4.24. The van der Waals surface area contributed by atoms with E-state index in [-0.39, 0.29) is 42.9 Å². The molecule has 2 aliphatic carbocycles. The van der Waals surface area contributed by atoms with Crippen molar-refractivity contribution in [3.8, 4) is 0 Å². The molecule has 2 fully saturated rings. The van der Waals surface area contributed by atoms with E-state index in [1.54, 1.807) is 0 Å². The molecular weight excluding hydrogens is 394 g/mol. The van der Waals surface area contributed by atoms with Gasteiger partial charge in [-0.25, -0.2) is 0 Å². The average Bonchev–Trinajstić information content (AvgIpc) is 2.33. The predicted molar refractivity (Wildman–Crippen MR) is 89.1 cm³/mol. The summed E-state index contributed by atoms with van der Waals surface area (Å²) in [6, 6.07) is 0.322. The molecule has 0 aromatic heterocycles. The maximum Gasteiger partial charge on any atom is 0.391 e. The van der Waals surface area contributed by atoms with Gasteiger partial charge in [-0.05, 0) is 45.4 Å². The predicted octanol–water partition coefficient (Wildman–Crippen LogP) is 3.83. The highest BCUT2D eigenvalue weighted by Crippen LogP contribution is 2.37. The molecule has 2 rings (SSSR count). The topological polar surface area (TPSA) is 36.4 Å². The van der Waals surface area contributed by atoms with Gasteiger partial charge in [0.25, 0.3) is 0 Å². The number of nitrogens with zero attached hydrogens (tertiary/aromatic N) is 1. The minimum Gasteiger partial charge on any atom is -0.354 e. The molecule has 124 valence electrons. The van der Waals surface area contributed by atoms with Crippen LogP contribution >= 0.6 is 24.0 Å². The van der Waals surface area contributed by atoms with Gasteiger partial charge in [0, 0.05) is 18.6 Å². The van der Waals surface area contributed by atoms with Crippen LogP contribution in [-0.4, -0.2) is 30.8 Å². The molecule has 2 atom stereocenters. The summed E-state index contributed by atoms with van der Waals surface area (Å²) in [5.41, 5.74) is 0. The van der Waals surface area contributed by atoms with Crippen molar-refractivity contribution in [1.29, 1.82) is 0 Å². The van der Waals surface area contributed by atoms with Gasteiger partial charge in [-0.3, -0.25) is 4.99 Å². The fourth-order valence-corrected chi connectivity index (χ4v) is 2.85. The number of hydrogen-bond acceptors (Lipinski definition) is 1. The third-order valence-electron chi connectivity index (χ3n) is 4.24. The molecule has 0 saturated heterocycles. The summed E-state index contributed by atoms with van der Waals surface area (Å²) in [5.74, 6) is -0.481. The Hall–Kier alpha value is -0.210. The Labute approximate surface area is 141 Å². The molecule has 0 radical (unpaired) electrons. The number of halogens is 4. The standard InChI is InChI=1S/C14H24F3N3.HI/c1-2-18-13(19-11-6-4-7-11)20-12-8-3-5-10(9-12)14(15,16)17;/h10-12H,2-9H2,1H3,(H2,18,19,20);1H. The van der Waals surface area contributed by atoms with Crippen molar-refractivity contribution in [1.82, 2.24) is 10.6 Å². The van der Waals surface area contributed by atoms with E-state index in [0.29, 0.717) is 25.0 Å². The molecule has 0 aromatic rings. The van der Waals surface area contributed by atoms with Crippen LogP contribution in [-0.2, 0) is 0 Å². The molecule has 0 aromatic carbocycles. The molecule has 7 heteroatoms. The lowest BCUT2D eigenvalue weighted by molar-refractivity contribution is -0.183. The first-order valence-corrected chi connectivity index (χ1v) is 7.63. The number of hydrogen-bond donors (Lipinski definition) is 2. The van der Waals surface area contributed by atoms with E-state index in [1.165, 1.54) is 6.42 Å². The quantitative estimate of drug-likeness (QED) is 0.415. The summed E-state index contributed by atoms with van der Waals surface area (Å²) in [6.45, 7) is 2.57. The molecule has 0 amide bonds. The van der Waals surface area contributed by atoms with Crippen LogP contribution in [0, 0.1) is 5.92 Å². The fraction of sp³-hybridized carbons (Fsp3) is 0.929. The Bertz CT molecular complexity index is 343. The first kappa shape index (κ1) is 18.8. The van der Waals surface area contributed by atoms with Crippen LogP contribution < -0.4 is 10.6 Å². The second-order valence-electron chi connectivity index (χ2n) is 5.84. The lowest BCUT2D eigenvalue weighted by atomic mass is 9.85. The smallest absolute Gasteiger partial charge is 0.354 e. The van der Waals surface area contributed by atoms with E-state index < -0.39 is 12.1 Å². The molecule has 0 spiro atoms. The van der Waals surface area contributed by atoms with E-state index in [4.69, 9.17) is 0 Å². The van der Waals surface area contributed by atoms with Gasteiger partial charge in [-0.15, -0.1) is 24.0 Å². The highest BCUT2D eigenvalue weighted by atomic mass is 127. The molecule has 2 aliphatic rings. The van der Waals surface area contributed by atoms with Gasteiger partial charge in [-0.1, -0.05) is 6.42 Å². The van der Waals surface area contributed by atoms with E-state index >= 15 is 0 Å². The van der Waals surface area contributed by atoms with Gasteiger partial charge < -0.3 is 10.6 Å². The zero-order valence-electron chi connectivity index (χ0n) is 12.4. The summed E-state index contributed by atoms with van der Waals surface area (Å²) in [6.07, 6.45) is 1.25. The van der Waals surface area contributed by atoms with Gasteiger partial charge in [0.1, 0.15) is 0 Å². The maximum absolute atomic E-state index is 12.8. The van der Waals surface area contributed by atoms with Crippen molar-refractivity contribution in [2.45, 2.75) is 70.1 Å². The molecule has 21 heavy (non-hydrogen) atoms. The van der Waals surface area contributed by atoms with Crippen LogP contribution in [0.3, 0.4) is 0 Å². The normalized spacial score (nSPS) is 27.5. The molecule has 0 bridgehead atoms. The Morgan fingerprint density at radius 2 is 1.62 bits per heavy atom. The Morgan fingerprint density at radius 1 is 1.05 bits per heavy atom. The summed E-state index contributed by atoms with van der Waals surface area (Å²) in [7, 11) is 0. The van der Waals surface area contributed by atoms with Crippen LogP contribution in [0.15, 0.2) is 4.99 Å². The number of rotatable bonds is 3. The van der Waals surface area contributed by atoms with Crippen molar-refractivity contribution in [3.63, 3.8) is 0 Å². The minimum atomic E-state index is -4.07. The monoisotopic (exact) mass is 419 g/mol. The summed E-state index contributed by atoms with van der Waals surface area (Å²) in [4.78, 5) is 4.34. The Balaban J connectivity index is 0.00000220. The van der Waals surface area contributed by atoms with Gasteiger partial charge >= 0.3 is 6.18 Å². The van der Waals surface area contributed by atoms with E-state index in [0.717, 1.165) is 19.3 Å². The van der Waals surface area contributed by atoms with E-state index in [2.05, 4.69) is 15.6 Å². The SMILES string of the molecule is CCN=C(NC1CCC1)NC1CCCC(C(F)(F)F)C1.I. The largest absolute Gasteiger partial charge is 0.391 e. The number of aliphatic imine (C=N–C) groups is 1. The lowest BCUT2D eigenvalue weighted by Gasteiger charge is -2.34. The summed E-state index contributed by atoms with van der Waals surface area (Å²) in [5, 5.41) is 6.51. The van der Waals surface area contributed by atoms with E-state index in [9.17, 15) is 13.2 Å². The highest BCUT2D eigenvalue weighted by Gasteiger charge is 2.42. The molecule has 2 unspecified atom stereocenters. The number of nitrogens with one attached hydrogen (secondary N) is 2. The van der Waals surface area contributed by atoms with Crippen LogP contribution in [0.4, 0.5) is 13.2 Å². The zero-order valence-corrected chi connectivity index (χ0v) is 14.7. The van der Waals surface area contributed by atoms with Crippen molar-refractivity contribution in [2.24, 2.45) is 10.9 Å². The zero-order chi connectivity index (χ0) is 14.6. The molecule has 2 N–H and O–H groups in total. The van der Waals surface area contributed by atoms with Crippen LogP contribution in [0.2, 0.25) is 0 Å². The van der Waals surface area contributed by atoms with E-state index in [1.807, 2.05) is 6.92 Å². The van der Waals surface area contributed by atoms with Crippen molar-refractivity contribution in [2.75, 3.05) is 6.54 Å². The van der Waals surface area contributed by atoms with Crippen LogP contribution in [0.25, 0.3) is 0 Å². The molecule has 3 nitrogen and oxygen atoms in total. The second-order valence-corrected chi connectivity index (χ2v) is 5.84. The molecule has 0 heterocycles. The fourth-order valence-electron chi connectivity index (χ4n) is 2.85. The highest BCUT2D eigenvalue weighted by molar-refractivity contribution is 14.0. The third kappa shape index (κ3) is 5.83. The average molecular weight is 419 g/mol. The number of guanidine groups is 1. The molecular formula is C14H25F3IN3. The first-order chi connectivity index (χ1) is 9.49. The summed E-state index contributed by atoms with van der Waals surface area (Å²) < 4.78 is 38.4. The van der Waals surface area contributed by atoms with Crippen LogP contribution in [0.1, 0.15) is 51.9 Å². The van der Waals surface area contributed by atoms with Crippen molar-refractivity contribution < 1.29 is 13.2 Å². The summed E-state index contributed by atoms with van der Waals surface area (Å²) >= 11 is 0. The van der Waals surface area contributed by atoms with Gasteiger partial charge in [0.05, 0.1) is 5.92 Å². The maximum atomic E-state index is 12.8. The van der Waals surface area contributed by atoms with Gasteiger partial charge in [0.2, 0.25) is 0 Å². The van der Waals surface area contributed by atoms with Gasteiger partial charge in [-0.2, -0.15) is 13.2 Å². The number of alkyl halides is 3. The Morgan fingerprint density at radius 3 is 2.14 bits per heavy atom.